The third-order valence-corrected chi connectivity index (χ3v) is 3.97. The van der Waals surface area contributed by atoms with Crippen molar-refractivity contribution >= 4 is 0 Å². The van der Waals surface area contributed by atoms with Crippen molar-refractivity contribution < 1.29 is 4.39 Å². The zero-order valence-corrected chi connectivity index (χ0v) is 12.6. The molecule has 0 fully saturated rings. The fourth-order valence-electron chi connectivity index (χ4n) is 2.80. The molecule has 1 rings (SSSR count). The summed E-state index contributed by atoms with van der Waals surface area (Å²) in [5.41, 5.74) is 7.14. The van der Waals surface area contributed by atoms with Crippen molar-refractivity contribution in [3.05, 3.63) is 35.6 Å². The summed E-state index contributed by atoms with van der Waals surface area (Å²) < 4.78 is 13.1. The summed E-state index contributed by atoms with van der Waals surface area (Å²) in [4.78, 5) is 2.40. The molecule has 0 aliphatic carbocycles. The Balaban J connectivity index is 3.07. The second-order valence-corrected chi connectivity index (χ2v) is 5.32. The highest BCUT2D eigenvalue weighted by Crippen LogP contribution is 2.28. The van der Waals surface area contributed by atoms with Gasteiger partial charge in [-0.3, -0.25) is 4.90 Å². The average molecular weight is 266 g/mol. The molecule has 0 saturated carbocycles. The lowest BCUT2D eigenvalue weighted by Gasteiger charge is -2.41. The lowest BCUT2D eigenvalue weighted by Crippen LogP contribution is -2.54. The molecule has 0 aliphatic heterocycles. The van der Waals surface area contributed by atoms with Gasteiger partial charge in [0, 0.05) is 6.04 Å². The van der Waals surface area contributed by atoms with E-state index in [1.165, 1.54) is 12.1 Å². The quantitative estimate of drug-likeness (QED) is 0.818. The number of hydrogen-bond donors (Lipinski definition) is 1. The van der Waals surface area contributed by atoms with Crippen LogP contribution in [0.1, 0.15) is 46.1 Å². The van der Waals surface area contributed by atoms with Gasteiger partial charge in [0.25, 0.3) is 0 Å². The maximum absolute atomic E-state index is 13.1. The van der Waals surface area contributed by atoms with E-state index >= 15 is 0 Å². The van der Waals surface area contributed by atoms with Crippen molar-refractivity contribution in [1.29, 1.82) is 0 Å². The molecule has 2 atom stereocenters. The van der Waals surface area contributed by atoms with Crippen LogP contribution in [0.15, 0.2) is 24.3 Å². The van der Waals surface area contributed by atoms with Gasteiger partial charge in [0.1, 0.15) is 5.82 Å². The molecule has 0 amide bonds. The summed E-state index contributed by atoms with van der Waals surface area (Å²) in [6, 6.07) is 6.87. The Labute approximate surface area is 116 Å². The first kappa shape index (κ1) is 16.1. The molecule has 0 bridgehead atoms. The van der Waals surface area contributed by atoms with Crippen LogP contribution in [0.2, 0.25) is 0 Å². The number of nitrogens with two attached hydrogens (primary N) is 1. The zero-order chi connectivity index (χ0) is 14.5. The second kappa shape index (κ2) is 7.01. The van der Waals surface area contributed by atoms with Crippen LogP contribution in [0.5, 0.6) is 0 Å². The smallest absolute Gasteiger partial charge is 0.123 e. The van der Waals surface area contributed by atoms with Crippen LogP contribution in [0.4, 0.5) is 4.39 Å². The van der Waals surface area contributed by atoms with Crippen molar-refractivity contribution in [3.63, 3.8) is 0 Å². The minimum atomic E-state index is -0.463. The number of nitrogens with zero attached hydrogens (tertiary/aromatic N) is 1. The molecular weight excluding hydrogens is 239 g/mol. The molecule has 1 aromatic rings. The highest BCUT2D eigenvalue weighted by molar-refractivity contribution is 5.26. The second-order valence-electron chi connectivity index (χ2n) is 5.32. The van der Waals surface area contributed by atoms with E-state index in [-0.39, 0.29) is 11.9 Å². The Kier molecular flexibility index (Phi) is 5.95. The number of halogens is 1. The maximum Gasteiger partial charge on any atom is 0.123 e. The fraction of sp³-hybridized carbons (Fsp3) is 0.625. The topological polar surface area (TPSA) is 29.3 Å². The van der Waals surface area contributed by atoms with Crippen molar-refractivity contribution in [2.45, 2.75) is 52.1 Å². The molecule has 108 valence electrons. The third kappa shape index (κ3) is 3.77. The van der Waals surface area contributed by atoms with Crippen molar-refractivity contribution in [3.8, 4) is 0 Å². The molecule has 0 saturated heterocycles. The normalized spacial score (nSPS) is 16.4. The van der Waals surface area contributed by atoms with E-state index in [1.807, 2.05) is 12.1 Å². The summed E-state index contributed by atoms with van der Waals surface area (Å²) in [5.74, 6) is -0.213. The van der Waals surface area contributed by atoms with Crippen LogP contribution in [0.3, 0.4) is 0 Å². The van der Waals surface area contributed by atoms with Crippen molar-refractivity contribution in [2.24, 2.45) is 5.73 Å². The molecule has 1 aromatic carbocycles. The first-order chi connectivity index (χ1) is 8.97. The minimum Gasteiger partial charge on any atom is -0.320 e. The van der Waals surface area contributed by atoms with E-state index in [0.29, 0.717) is 0 Å². The zero-order valence-electron chi connectivity index (χ0n) is 12.6. The van der Waals surface area contributed by atoms with E-state index in [1.54, 1.807) is 0 Å². The fourth-order valence-corrected chi connectivity index (χ4v) is 2.80. The molecule has 2 nitrogen and oxygen atoms in total. The standard InChI is InChI=1S/C16H27FN2/c1-5-8-15(19(6-2)7-3)16(4,18)13-9-11-14(17)12-10-13/h9-12,15H,5-8,18H2,1-4H3. The monoisotopic (exact) mass is 266 g/mol. The molecule has 0 aromatic heterocycles. The SMILES string of the molecule is CCCC(N(CC)CC)C(C)(N)c1ccc(F)cc1. The van der Waals surface area contributed by atoms with Gasteiger partial charge >= 0.3 is 0 Å². The van der Waals surface area contributed by atoms with E-state index in [9.17, 15) is 4.39 Å². The Morgan fingerprint density at radius 1 is 1.16 bits per heavy atom. The van der Waals surface area contributed by atoms with Crippen LogP contribution in [0.25, 0.3) is 0 Å². The predicted octanol–water partition coefficient (Wildman–Crippen LogP) is 3.51. The summed E-state index contributed by atoms with van der Waals surface area (Å²) in [6.45, 7) is 10.5. The average Bonchev–Trinajstić information content (AvgIpc) is 2.39. The minimum absolute atomic E-state index is 0.213. The van der Waals surface area contributed by atoms with Gasteiger partial charge in [-0.25, -0.2) is 4.39 Å². The van der Waals surface area contributed by atoms with E-state index in [2.05, 4.69) is 32.6 Å². The summed E-state index contributed by atoms with van der Waals surface area (Å²) in [7, 11) is 0. The van der Waals surface area contributed by atoms with Crippen molar-refractivity contribution in [2.75, 3.05) is 13.1 Å². The number of likely N-dealkylation sites (N-methyl/N-ethyl adjacent to an activating group) is 1. The molecule has 0 spiro atoms. The van der Waals surface area contributed by atoms with Gasteiger partial charge in [-0.1, -0.05) is 39.3 Å². The van der Waals surface area contributed by atoms with Crippen LogP contribution < -0.4 is 5.73 Å². The molecule has 0 aliphatic rings. The Hall–Kier alpha value is -0.930. The molecule has 0 radical (unpaired) electrons. The van der Waals surface area contributed by atoms with Crippen LogP contribution >= 0.6 is 0 Å². The molecule has 2 N–H and O–H groups in total. The number of rotatable bonds is 7. The van der Waals surface area contributed by atoms with Crippen molar-refractivity contribution in [1.82, 2.24) is 4.90 Å². The summed E-state index contributed by atoms with van der Waals surface area (Å²) in [5, 5.41) is 0. The lowest BCUT2D eigenvalue weighted by atomic mass is 9.82. The molecule has 19 heavy (non-hydrogen) atoms. The Morgan fingerprint density at radius 3 is 2.11 bits per heavy atom. The van der Waals surface area contributed by atoms with Gasteiger partial charge in [0.05, 0.1) is 5.54 Å². The first-order valence-electron chi connectivity index (χ1n) is 7.26. The Bertz CT molecular complexity index is 369. The summed E-state index contributed by atoms with van der Waals surface area (Å²) in [6.07, 6.45) is 2.14. The van der Waals surface area contributed by atoms with E-state index in [0.717, 1.165) is 31.5 Å². The highest BCUT2D eigenvalue weighted by atomic mass is 19.1. The lowest BCUT2D eigenvalue weighted by molar-refractivity contribution is 0.129. The van der Waals surface area contributed by atoms with Crippen LogP contribution in [-0.2, 0) is 5.54 Å². The largest absolute Gasteiger partial charge is 0.320 e. The van der Waals surface area contributed by atoms with Gasteiger partial charge in [0.15, 0.2) is 0 Å². The Morgan fingerprint density at radius 2 is 1.68 bits per heavy atom. The van der Waals surface area contributed by atoms with Crippen LogP contribution in [-0.4, -0.2) is 24.0 Å². The number of hydrogen-bond acceptors (Lipinski definition) is 2. The molecule has 2 unspecified atom stereocenters. The van der Waals surface area contributed by atoms with E-state index < -0.39 is 5.54 Å². The van der Waals surface area contributed by atoms with Gasteiger partial charge in [0.2, 0.25) is 0 Å². The van der Waals surface area contributed by atoms with Gasteiger partial charge in [-0.2, -0.15) is 0 Å². The maximum atomic E-state index is 13.1. The highest BCUT2D eigenvalue weighted by Gasteiger charge is 2.34. The number of benzene rings is 1. The first-order valence-corrected chi connectivity index (χ1v) is 7.26. The van der Waals surface area contributed by atoms with E-state index in [4.69, 9.17) is 5.73 Å². The molecular formula is C16H27FN2. The van der Waals surface area contributed by atoms with Crippen LogP contribution in [0, 0.1) is 5.82 Å². The summed E-state index contributed by atoms with van der Waals surface area (Å²) >= 11 is 0. The van der Waals surface area contributed by atoms with Gasteiger partial charge in [-0.15, -0.1) is 0 Å². The predicted molar refractivity (Wildman–Crippen MR) is 79.6 cm³/mol. The van der Waals surface area contributed by atoms with Gasteiger partial charge < -0.3 is 5.73 Å². The molecule has 3 heteroatoms. The molecule has 0 heterocycles. The van der Waals surface area contributed by atoms with Gasteiger partial charge in [-0.05, 0) is 44.1 Å². The third-order valence-electron chi connectivity index (χ3n) is 3.97.